The Morgan fingerprint density at radius 2 is 1.93 bits per heavy atom. The summed E-state index contributed by atoms with van der Waals surface area (Å²) in [5.41, 5.74) is 0.820. The molecule has 1 aliphatic carbocycles. The predicted octanol–water partition coefficient (Wildman–Crippen LogP) is 3.60. The van der Waals surface area contributed by atoms with Gasteiger partial charge >= 0.3 is 6.09 Å². The van der Waals surface area contributed by atoms with Gasteiger partial charge < -0.3 is 25.2 Å². The van der Waals surface area contributed by atoms with Gasteiger partial charge in [-0.15, -0.1) is 0 Å². The highest BCUT2D eigenvalue weighted by Crippen LogP contribution is 2.40. The van der Waals surface area contributed by atoms with Gasteiger partial charge in [-0.3, -0.25) is 4.79 Å². The number of phenols is 1. The smallest absolute Gasteiger partial charge is 0.407 e. The van der Waals surface area contributed by atoms with Crippen molar-refractivity contribution in [3.8, 4) is 11.5 Å². The van der Waals surface area contributed by atoms with E-state index in [0.29, 0.717) is 25.3 Å². The number of hydrogen-bond acceptors (Lipinski definition) is 4. The van der Waals surface area contributed by atoms with Gasteiger partial charge in [-0.25, -0.2) is 4.79 Å². The fourth-order valence-electron chi connectivity index (χ4n) is 5.00. The molecule has 7 heteroatoms. The Labute approximate surface area is 172 Å². The molecule has 1 heterocycles. The van der Waals surface area contributed by atoms with Crippen LogP contribution >= 0.6 is 0 Å². The van der Waals surface area contributed by atoms with E-state index in [-0.39, 0.29) is 29.5 Å². The topological polar surface area (TPSA) is 99.1 Å². The van der Waals surface area contributed by atoms with E-state index in [1.807, 2.05) is 0 Å². The lowest BCUT2D eigenvalue weighted by Gasteiger charge is -2.37. The average molecular weight is 405 g/mol. The van der Waals surface area contributed by atoms with Gasteiger partial charge in [0.1, 0.15) is 0 Å². The Balaban J connectivity index is 1.67. The number of phenolic OH excluding ortho intramolecular Hbond substituents is 1. The first-order valence-corrected chi connectivity index (χ1v) is 10.6. The monoisotopic (exact) mass is 404 g/mol. The van der Waals surface area contributed by atoms with Crippen LogP contribution in [0.15, 0.2) is 18.2 Å². The minimum absolute atomic E-state index is 0.0539. The molecule has 0 spiro atoms. The molecule has 2 unspecified atom stereocenters. The molecule has 0 radical (unpaired) electrons. The molecule has 1 saturated heterocycles. The molecule has 1 saturated carbocycles. The summed E-state index contributed by atoms with van der Waals surface area (Å²) in [6, 6.07) is 4.73. The molecule has 0 bridgehead atoms. The van der Waals surface area contributed by atoms with Crippen LogP contribution in [0, 0.1) is 17.8 Å². The second-order valence-corrected chi connectivity index (χ2v) is 8.27. The predicted molar refractivity (Wildman–Crippen MR) is 109 cm³/mol. The summed E-state index contributed by atoms with van der Waals surface area (Å²) in [6.07, 6.45) is 5.03. The Morgan fingerprint density at radius 3 is 2.55 bits per heavy atom. The number of aromatic hydroxyl groups is 1. The molecule has 0 aromatic heterocycles. The van der Waals surface area contributed by atoms with Crippen LogP contribution in [0.4, 0.5) is 4.79 Å². The van der Waals surface area contributed by atoms with Crippen LogP contribution in [0.25, 0.3) is 0 Å². The van der Waals surface area contributed by atoms with Gasteiger partial charge in [0, 0.05) is 19.1 Å². The molecule has 3 N–H and O–H groups in total. The van der Waals surface area contributed by atoms with Crippen LogP contribution in [0.3, 0.4) is 0 Å². The summed E-state index contributed by atoms with van der Waals surface area (Å²) in [5, 5.41) is 22.3. The second-order valence-electron chi connectivity index (χ2n) is 8.27. The van der Waals surface area contributed by atoms with Gasteiger partial charge in [-0.1, -0.05) is 32.3 Å². The quantitative estimate of drug-likeness (QED) is 0.673. The minimum atomic E-state index is -0.925. The Kier molecular flexibility index (Phi) is 6.87. The molecular formula is C22H32N2O5. The second kappa shape index (κ2) is 9.37. The molecule has 2 aliphatic rings. The number of ether oxygens (including phenoxy) is 1. The van der Waals surface area contributed by atoms with E-state index in [2.05, 4.69) is 12.2 Å². The Bertz CT molecular complexity index is 730. The van der Waals surface area contributed by atoms with E-state index >= 15 is 0 Å². The number of carbonyl (C=O) groups is 2. The molecule has 160 valence electrons. The maximum atomic E-state index is 13.0. The number of hydrogen-bond donors (Lipinski definition) is 3. The first-order chi connectivity index (χ1) is 13.9. The van der Waals surface area contributed by atoms with E-state index in [0.717, 1.165) is 37.2 Å². The lowest BCUT2D eigenvalue weighted by molar-refractivity contribution is -0.126. The maximum absolute atomic E-state index is 13.0. The standard InChI is InChI=1S/C22H32N2O5/c1-3-14-4-7-16(8-5-14)20-17(10-11-24(20)22(27)28)21(26)23-13-15-6-9-18(25)19(12-15)29-2/h6,9,12,14,16-17,20,25H,3-5,7-8,10-11,13H2,1-2H3,(H,23,26)(H,27,28). The largest absolute Gasteiger partial charge is 0.504 e. The van der Waals surface area contributed by atoms with E-state index in [4.69, 9.17) is 4.74 Å². The van der Waals surface area contributed by atoms with E-state index in [1.165, 1.54) is 24.5 Å². The van der Waals surface area contributed by atoms with Crippen molar-refractivity contribution in [2.75, 3.05) is 13.7 Å². The normalized spacial score (nSPS) is 26.9. The Morgan fingerprint density at radius 1 is 1.21 bits per heavy atom. The summed E-state index contributed by atoms with van der Waals surface area (Å²) in [4.78, 5) is 26.2. The van der Waals surface area contributed by atoms with Crippen LogP contribution in [0.2, 0.25) is 0 Å². The summed E-state index contributed by atoms with van der Waals surface area (Å²) in [7, 11) is 1.48. The molecule has 1 aromatic rings. The third-order valence-corrected chi connectivity index (χ3v) is 6.70. The molecular weight excluding hydrogens is 372 g/mol. The fourth-order valence-corrected chi connectivity index (χ4v) is 5.00. The highest BCUT2D eigenvalue weighted by atomic mass is 16.5. The van der Waals surface area contributed by atoms with Crippen LogP contribution in [-0.4, -0.2) is 46.8 Å². The number of nitrogens with one attached hydrogen (secondary N) is 1. The third-order valence-electron chi connectivity index (χ3n) is 6.70. The highest BCUT2D eigenvalue weighted by Gasteiger charge is 2.45. The summed E-state index contributed by atoms with van der Waals surface area (Å²) >= 11 is 0. The van der Waals surface area contributed by atoms with Crippen LogP contribution in [-0.2, 0) is 11.3 Å². The van der Waals surface area contributed by atoms with Gasteiger partial charge in [0.2, 0.25) is 5.91 Å². The van der Waals surface area contributed by atoms with Crippen molar-refractivity contribution < 1.29 is 24.5 Å². The molecule has 2 atom stereocenters. The zero-order valence-electron chi connectivity index (χ0n) is 17.3. The Hall–Kier alpha value is -2.44. The highest BCUT2D eigenvalue weighted by molar-refractivity contribution is 5.81. The van der Waals surface area contributed by atoms with Crippen LogP contribution < -0.4 is 10.1 Å². The van der Waals surface area contributed by atoms with Crippen molar-refractivity contribution in [2.24, 2.45) is 17.8 Å². The fraction of sp³-hybridized carbons (Fsp3) is 0.636. The minimum Gasteiger partial charge on any atom is -0.504 e. The number of nitrogens with zero attached hydrogens (tertiary/aromatic N) is 1. The number of carbonyl (C=O) groups excluding carboxylic acids is 1. The molecule has 3 rings (SSSR count). The molecule has 2 fully saturated rings. The summed E-state index contributed by atoms with van der Waals surface area (Å²) in [6.45, 7) is 2.94. The van der Waals surface area contributed by atoms with Crippen molar-refractivity contribution in [1.82, 2.24) is 10.2 Å². The summed E-state index contributed by atoms with van der Waals surface area (Å²) < 4.78 is 5.11. The molecule has 1 aliphatic heterocycles. The van der Waals surface area contributed by atoms with Crippen LogP contribution in [0.1, 0.15) is 51.0 Å². The molecule has 2 amide bonds. The maximum Gasteiger partial charge on any atom is 0.407 e. The zero-order valence-corrected chi connectivity index (χ0v) is 17.3. The number of rotatable bonds is 6. The van der Waals surface area contributed by atoms with Gasteiger partial charge in [0.25, 0.3) is 0 Å². The average Bonchev–Trinajstić information content (AvgIpc) is 3.18. The number of methoxy groups -OCH3 is 1. The first kappa shape index (κ1) is 21.3. The number of benzene rings is 1. The van der Waals surface area contributed by atoms with E-state index < -0.39 is 6.09 Å². The van der Waals surface area contributed by atoms with Gasteiger partial charge in [-0.2, -0.15) is 0 Å². The molecule has 29 heavy (non-hydrogen) atoms. The number of likely N-dealkylation sites (tertiary alicyclic amines) is 1. The molecule has 1 aromatic carbocycles. The van der Waals surface area contributed by atoms with Gasteiger partial charge in [-0.05, 0) is 48.8 Å². The van der Waals surface area contributed by atoms with Crippen molar-refractivity contribution in [2.45, 2.75) is 58.0 Å². The lowest BCUT2D eigenvalue weighted by atomic mass is 9.74. The SMILES string of the molecule is CCC1CCC(C2C(C(=O)NCc3ccc(O)c(OC)c3)CCN2C(=O)O)CC1. The first-order valence-electron chi connectivity index (χ1n) is 10.6. The van der Waals surface area contributed by atoms with Crippen LogP contribution in [0.5, 0.6) is 11.5 Å². The number of carboxylic acid groups (broad SMARTS) is 1. The lowest BCUT2D eigenvalue weighted by Crippen LogP contribution is -2.47. The van der Waals surface area contributed by atoms with Crippen molar-refractivity contribution >= 4 is 12.0 Å². The van der Waals surface area contributed by atoms with Gasteiger partial charge in [0.15, 0.2) is 11.5 Å². The summed E-state index contributed by atoms with van der Waals surface area (Å²) in [5.74, 6) is 0.985. The number of amides is 2. The van der Waals surface area contributed by atoms with Crippen molar-refractivity contribution in [1.29, 1.82) is 0 Å². The van der Waals surface area contributed by atoms with Crippen molar-refractivity contribution in [3.63, 3.8) is 0 Å². The molecule has 7 nitrogen and oxygen atoms in total. The third kappa shape index (κ3) is 4.77. The van der Waals surface area contributed by atoms with Gasteiger partial charge in [0.05, 0.1) is 13.0 Å². The van der Waals surface area contributed by atoms with Crippen molar-refractivity contribution in [3.05, 3.63) is 23.8 Å². The van der Waals surface area contributed by atoms with E-state index in [1.54, 1.807) is 12.1 Å². The zero-order chi connectivity index (χ0) is 21.0. The van der Waals surface area contributed by atoms with E-state index in [9.17, 15) is 19.8 Å².